The van der Waals surface area contributed by atoms with Crippen molar-refractivity contribution in [2.24, 2.45) is 5.41 Å². The molecule has 0 bridgehead atoms. The van der Waals surface area contributed by atoms with Crippen molar-refractivity contribution >= 4 is 30.7 Å². The number of rotatable bonds is 1. The van der Waals surface area contributed by atoms with E-state index in [4.69, 9.17) is 4.42 Å². The molecule has 1 N–H and O–H groups in total. The third-order valence-corrected chi connectivity index (χ3v) is 4.38. The number of nitrogens with zero attached hydrogens (tertiary/aromatic N) is 2. The van der Waals surface area contributed by atoms with Gasteiger partial charge in [-0.2, -0.15) is 0 Å². The van der Waals surface area contributed by atoms with Gasteiger partial charge in [-0.1, -0.05) is 0 Å². The molecule has 0 aliphatic carbocycles. The van der Waals surface area contributed by atoms with Gasteiger partial charge >= 0.3 is 0 Å². The number of hydrogen-bond acceptors (Lipinski definition) is 4. The summed E-state index contributed by atoms with van der Waals surface area (Å²) in [6.45, 7) is 5.70. The summed E-state index contributed by atoms with van der Waals surface area (Å²) in [5.41, 5.74) is 1.12. The topological polar surface area (TPSA) is 58.4 Å². The number of likely N-dealkylation sites (tertiary alicyclic amines) is 1. The average molecular weight is 322 g/mol. The molecule has 2 aliphatic rings. The Balaban J connectivity index is 0.000001000. The number of halogens is 2. The summed E-state index contributed by atoms with van der Waals surface area (Å²) in [5.74, 6) is 0.390. The Morgan fingerprint density at radius 2 is 2.05 bits per heavy atom. The van der Waals surface area contributed by atoms with Crippen LogP contribution in [0, 0.1) is 12.3 Å². The monoisotopic (exact) mass is 321 g/mol. The van der Waals surface area contributed by atoms with Crippen molar-refractivity contribution in [1.82, 2.24) is 15.2 Å². The molecule has 0 atom stereocenters. The van der Waals surface area contributed by atoms with Gasteiger partial charge in [0.15, 0.2) is 6.39 Å². The molecule has 2 fully saturated rings. The first-order valence-electron chi connectivity index (χ1n) is 6.60. The fourth-order valence-corrected chi connectivity index (χ4v) is 3.06. The van der Waals surface area contributed by atoms with Crippen LogP contribution in [0.15, 0.2) is 10.8 Å². The van der Waals surface area contributed by atoms with Gasteiger partial charge in [0.25, 0.3) is 5.91 Å². The highest BCUT2D eigenvalue weighted by molar-refractivity contribution is 5.92. The Kier molecular flexibility index (Phi) is 5.86. The zero-order valence-electron chi connectivity index (χ0n) is 11.6. The maximum Gasteiger partial charge on any atom is 0.291 e. The molecule has 0 aromatic carbocycles. The zero-order valence-corrected chi connectivity index (χ0v) is 13.2. The molecule has 1 amide bonds. The van der Waals surface area contributed by atoms with Crippen molar-refractivity contribution in [3.63, 3.8) is 0 Å². The Bertz CT molecular complexity index is 448. The highest BCUT2D eigenvalue weighted by Crippen LogP contribution is 2.37. The summed E-state index contributed by atoms with van der Waals surface area (Å²) >= 11 is 0. The van der Waals surface area contributed by atoms with Crippen LogP contribution in [0.4, 0.5) is 0 Å². The second-order valence-electron chi connectivity index (χ2n) is 5.49. The van der Waals surface area contributed by atoms with Gasteiger partial charge in [0, 0.05) is 19.6 Å². The smallest absolute Gasteiger partial charge is 0.291 e. The van der Waals surface area contributed by atoms with Gasteiger partial charge in [0.1, 0.15) is 0 Å². The minimum absolute atomic E-state index is 0. The number of aromatic nitrogens is 1. The predicted molar refractivity (Wildman–Crippen MR) is 80.8 cm³/mol. The van der Waals surface area contributed by atoms with Crippen molar-refractivity contribution in [3.8, 4) is 0 Å². The predicted octanol–water partition coefficient (Wildman–Crippen LogP) is 2.04. The largest absolute Gasteiger partial charge is 0.438 e. The molecule has 1 spiro atoms. The van der Waals surface area contributed by atoms with Gasteiger partial charge in [-0.3, -0.25) is 4.79 Å². The summed E-state index contributed by atoms with van der Waals surface area (Å²) in [4.78, 5) is 18.1. The average Bonchev–Trinajstić information content (AvgIpc) is 2.99. The van der Waals surface area contributed by atoms with Crippen LogP contribution in [0.25, 0.3) is 0 Å². The minimum atomic E-state index is -0.00851. The molecule has 2 aliphatic heterocycles. The van der Waals surface area contributed by atoms with Gasteiger partial charge < -0.3 is 14.6 Å². The lowest BCUT2D eigenvalue weighted by Gasteiger charge is -2.38. The number of piperidine rings is 1. The first kappa shape index (κ1) is 17.3. The molecule has 2 saturated heterocycles. The van der Waals surface area contributed by atoms with Gasteiger partial charge in [-0.15, -0.1) is 24.8 Å². The Labute approximate surface area is 131 Å². The third kappa shape index (κ3) is 3.10. The van der Waals surface area contributed by atoms with E-state index in [0.717, 1.165) is 39.0 Å². The van der Waals surface area contributed by atoms with Crippen LogP contribution in [0.1, 0.15) is 35.5 Å². The molecule has 3 rings (SSSR count). The molecule has 5 nitrogen and oxygen atoms in total. The number of hydrogen-bond donors (Lipinski definition) is 1. The molecular weight excluding hydrogens is 301 g/mol. The molecule has 1 aromatic heterocycles. The first-order valence-corrected chi connectivity index (χ1v) is 6.60. The van der Waals surface area contributed by atoms with Gasteiger partial charge in [0.05, 0.1) is 5.69 Å². The lowest BCUT2D eigenvalue weighted by atomic mass is 9.78. The SMILES string of the molecule is Cc1ncoc1C(=O)N1CCC2(CCNC2)CC1.Cl.Cl. The van der Waals surface area contributed by atoms with E-state index in [0.29, 0.717) is 16.9 Å². The summed E-state index contributed by atoms with van der Waals surface area (Å²) in [5, 5.41) is 3.43. The van der Waals surface area contributed by atoms with Crippen LogP contribution >= 0.6 is 24.8 Å². The maximum atomic E-state index is 12.3. The number of oxazole rings is 1. The van der Waals surface area contributed by atoms with Gasteiger partial charge in [-0.25, -0.2) is 4.98 Å². The fraction of sp³-hybridized carbons (Fsp3) is 0.692. The Morgan fingerprint density at radius 3 is 2.55 bits per heavy atom. The zero-order chi connectivity index (χ0) is 12.6. The van der Waals surface area contributed by atoms with Crippen molar-refractivity contribution in [1.29, 1.82) is 0 Å². The van der Waals surface area contributed by atoms with Gasteiger partial charge in [0.2, 0.25) is 5.76 Å². The lowest BCUT2D eigenvalue weighted by molar-refractivity contribution is 0.0576. The first-order chi connectivity index (χ1) is 8.70. The molecule has 0 unspecified atom stereocenters. The molecule has 0 saturated carbocycles. The van der Waals surface area contributed by atoms with Crippen LogP contribution in [-0.2, 0) is 0 Å². The van der Waals surface area contributed by atoms with Crippen molar-refractivity contribution in [3.05, 3.63) is 17.8 Å². The number of nitrogens with one attached hydrogen (secondary N) is 1. The van der Waals surface area contributed by atoms with E-state index in [2.05, 4.69) is 10.3 Å². The van der Waals surface area contributed by atoms with E-state index >= 15 is 0 Å². The van der Waals surface area contributed by atoms with E-state index in [9.17, 15) is 4.79 Å². The van der Waals surface area contributed by atoms with Crippen LogP contribution in [0.5, 0.6) is 0 Å². The van der Waals surface area contributed by atoms with Crippen molar-refractivity contribution in [2.45, 2.75) is 26.2 Å². The quantitative estimate of drug-likeness (QED) is 0.860. The normalized spacial score (nSPS) is 20.4. The second-order valence-corrected chi connectivity index (χ2v) is 5.49. The summed E-state index contributed by atoms with van der Waals surface area (Å²) < 4.78 is 5.18. The number of aryl methyl sites for hydroxylation is 1. The highest BCUT2D eigenvalue weighted by atomic mass is 35.5. The van der Waals surface area contributed by atoms with Crippen molar-refractivity contribution < 1.29 is 9.21 Å². The summed E-state index contributed by atoms with van der Waals surface area (Å²) in [6, 6.07) is 0. The molecule has 114 valence electrons. The molecule has 0 radical (unpaired) electrons. The molecular formula is C13H21Cl2N3O2. The molecule has 20 heavy (non-hydrogen) atoms. The lowest BCUT2D eigenvalue weighted by Crippen LogP contribution is -2.44. The van der Waals surface area contributed by atoms with Crippen LogP contribution in [0.3, 0.4) is 0 Å². The van der Waals surface area contributed by atoms with Crippen LogP contribution < -0.4 is 5.32 Å². The Morgan fingerprint density at radius 1 is 1.35 bits per heavy atom. The molecule has 7 heteroatoms. The summed E-state index contributed by atoms with van der Waals surface area (Å²) in [7, 11) is 0. The van der Waals surface area contributed by atoms with Crippen molar-refractivity contribution in [2.75, 3.05) is 26.2 Å². The number of amides is 1. The van der Waals surface area contributed by atoms with E-state index in [1.165, 1.54) is 12.8 Å². The highest BCUT2D eigenvalue weighted by Gasteiger charge is 2.38. The van der Waals surface area contributed by atoms with E-state index in [1.54, 1.807) is 0 Å². The van der Waals surface area contributed by atoms with Crippen LogP contribution in [0.2, 0.25) is 0 Å². The molecule has 1 aromatic rings. The van der Waals surface area contributed by atoms with Crippen LogP contribution in [-0.4, -0.2) is 42.0 Å². The molecule has 3 heterocycles. The Hall–Kier alpha value is -0.780. The number of carbonyl (C=O) groups is 1. The van der Waals surface area contributed by atoms with E-state index < -0.39 is 0 Å². The second kappa shape index (κ2) is 6.78. The van der Waals surface area contributed by atoms with E-state index in [1.807, 2.05) is 11.8 Å². The fourth-order valence-electron chi connectivity index (χ4n) is 3.06. The van der Waals surface area contributed by atoms with E-state index in [-0.39, 0.29) is 30.7 Å². The number of carbonyl (C=O) groups excluding carboxylic acids is 1. The minimum Gasteiger partial charge on any atom is -0.438 e. The third-order valence-electron chi connectivity index (χ3n) is 4.38. The van der Waals surface area contributed by atoms with Gasteiger partial charge in [-0.05, 0) is 38.1 Å². The maximum absolute atomic E-state index is 12.3. The standard InChI is InChI=1S/C13H19N3O2.2ClH/c1-10-11(18-9-15-10)12(17)16-6-3-13(4-7-16)2-5-14-8-13;;/h9,14H,2-8H2,1H3;2*1H. The summed E-state index contributed by atoms with van der Waals surface area (Å²) in [6.07, 6.45) is 4.78.